The van der Waals surface area contributed by atoms with Gasteiger partial charge in [-0.25, -0.2) is 4.39 Å². The lowest BCUT2D eigenvalue weighted by Crippen LogP contribution is -2.45. The number of aryl methyl sites for hydroxylation is 1. The smallest absolute Gasteiger partial charge is 0.223 e. The number of nitrogens with zero attached hydrogens (tertiary/aromatic N) is 3. The fourth-order valence-electron chi connectivity index (χ4n) is 5.59. The molecule has 5 nitrogen and oxygen atoms in total. The second-order valence-corrected chi connectivity index (χ2v) is 10.8. The molecule has 188 valence electrons. The highest BCUT2D eigenvalue weighted by Crippen LogP contribution is 2.38. The van der Waals surface area contributed by atoms with Crippen molar-refractivity contribution in [1.29, 1.82) is 0 Å². The Morgan fingerprint density at radius 3 is 2.56 bits per heavy atom. The van der Waals surface area contributed by atoms with Crippen LogP contribution in [-0.2, 0) is 22.4 Å². The number of halogens is 1. The van der Waals surface area contributed by atoms with Crippen LogP contribution in [0.1, 0.15) is 65.5 Å². The molecule has 0 spiro atoms. The van der Waals surface area contributed by atoms with Gasteiger partial charge in [0.05, 0.1) is 6.04 Å². The third-order valence-electron chi connectivity index (χ3n) is 7.36. The van der Waals surface area contributed by atoms with E-state index in [4.69, 9.17) is 0 Å². The SMILES string of the molecule is Cc1cccc(CC2CCCCN2C(=O)CCC(=O)N2CCc3sccc3C2c2ccc(F)cc2)n1. The minimum atomic E-state index is -0.291. The number of fused-ring (bicyclic) bond motifs is 1. The second kappa shape index (κ2) is 10.9. The first-order chi connectivity index (χ1) is 17.5. The first-order valence-electron chi connectivity index (χ1n) is 12.8. The van der Waals surface area contributed by atoms with E-state index in [2.05, 4.69) is 16.4 Å². The third-order valence-corrected chi connectivity index (χ3v) is 8.36. The van der Waals surface area contributed by atoms with Gasteiger partial charge in [0.15, 0.2) is 0 Å². The topological polar surface area (TPSA) is 53.5 Å². The van der Waals surface area contributed by atoms with Crippen molar-refractivity contribution in [2.75, 3.05) is 13.1 Å². The minimum absolute atomic E-state index is 0.0246. The van der Waals surface area contributed by atoms with Crippen molar-refractivity contribution in [3.8, 4) is 0 Å². The molecule has 0 bridgehead atoms. The number of pyridine rings is 1. The van der Waals surface area contributed by atoms with Crippen molar-refractivity contribution in [2.24, 2.45) is 0 Å². The summed E-state index contributed by atoms with van der Waals surface area (Å²) in [4.78, 5) is 36.5. The molecule has 1 saturated heterocycles. The number of benzene rings is 1. The normalized spacial score (nSPS) is 19.7. The summed E-state index contributed by atoms with van der Waals surface area (Å²) in [6, 6.07) is 14.4. The number of rotatable bonds is 6. The van der Waals surface area contributed by atoms with E-state index in [1.165, 1.54) is 17.0 Å². The van der Waals surface area contributed by atoms with Crippen LogP contribution in [0.3, 0.4) is 0 Å². The molecule has 0 N–H and O–H groups in total. The van der Waals surface area contributed by atoms with Gasteiger partial charge in [0, 0.05) is 54.7 Å². The summed E-state index contributed by atoms with van der Waals surface area (Å²) in [5, 5.41) is 2.05. The molecule has 2 aromatic heterocycles. The quantitative estimate of drug-likeness (QED) is 0.447. The zero-order valence-electron chi connectivity index (χ0n) is 20.7. The number of hydrogen-bond acceptors (Lipinski definition) is 4. The molecule has 2 aliphatic rings. The molecule has 1 fully saturated rings. The van der Waals surface area contributed by atoms with Gasteiger partial charge in [-0.15, -0.1) is 11.3 Å². The van der Waals surface area contributed by atoms with Crippen molar-refractivity contribution < 1.29 is 14.0 Å². The number of hydrogen-bond donors (Lipinski definition) is 0. The lowest BCUT2D eigenvalue weighted by atomic mass is 9.92. The number of thiophene rings is 1. The van der Waals surface area contributed by atoms with Gasteiger partial charge in [0.2, 0.25) is 11.8 Å². The van der Waals surface area contributed by atoms with Gasteiger partial charge < -0.3 is 9.80 Å². The summed E-state index contributed by atoms with van der Waals surface area (Å²) in [6.07, 6.45) is 5.02. The molecule has 2 aliphatic heterocycles. The Bertz CT molecular complexity index is 1230. The second-order valence-electron chi connectivity index (χ2n) is 9.80. The van der Waals surface area contributed by atoms with Crippen LogP contribution in [0.5, 0.6) is 0 Å². The number of carbonyl (C=O) groups excluding carboxylic acids is 2. The van der Waals surface area contributed by atoms with E-state index in [0.717, 1.165) is 61.2 Å². The number of likely N-dealkylation sites (tertiary alicyclic amines) is 1. The lowest BCUT2D eigenvalue weighted by Gasteiger charge is -2.37. The van der Waals surface area contributed by atoms with E-state index in [9.17, 15) is 14.0 Å². The first kappa shape index (κ1) is 24.6. The van der Waals surface area contributed by atoms with E-state index < -0.39 is 0 Å². The maximum Gasteiger partial charge on any atom is 0.223 e. The Kier molecular flexibility index (Phi) is 7.46. The fourth-order valence-corrected chi connectivity index (χ4v) is 6.49. The lowest BCUT2D eigenvalue weighted by molar-refractivity contribution is -0.140. The standard InChI is InChI=1S/C29H32FN3O2S/c1-20-5-4-6-23(31-20)19-24-7-2-3-16-32(24)27(34)12-13-28(35)33-17-14-26-25(15-18-36-26)29(33)21-8-10-22(30)11-9-21/h4-6,8-11,15,18,24,29H,2-3,7,12-14,16-17,19H2,1H3. The molecule has 4 heterocycles. The van der Waals surface area contributed by atoms with Gasteiger partial charge in [-0.05, 0) is 79.4 Å². The predicted octanol–water partition coefficient (Wildman–Crippen LogP) is 5.47. The van der Waals surface area contributed by atoms with E-state index in [-0.39, 0.29) is 42.6 Å². The predicted molar refractivity (Wildman–Crippen MR) is 139 cm³/mol. The maximum absolute atomic E-state index is 13.6. The monoisotopic (exact) mass is 505 g/mol. The molecule has 2 unspecified atom stereocenters. The highest BCUT2D eigenvalue weighted by Gasteiger charge is 2.34. The zero-order valence-corrected chi connectivity index (χ0v) is 21.5. The highest BCUT2D eigenvalue weighted by molar-refractivity contribution is 7.10. The van der Waals surface area contributed by atoms with Crippen molar-refractivity contribution >= 4 is 23.2 Å². The van der Waals surface area contributed by atoms with Gasteiger partial charge >= 0.3 is 0 Å². The maximum atomic E-state index is 13.6. The molecule has 0 radical (unpaired) electrons. The zero-order chi connectivity index (χ0) is 25.1. The van der Waals surface area contributed by atoms with Crippen LogP contribution in [0.4, 0.5) is 4.39 Å². The van der Waals surface area contributed by atoms with Crippen LogP contribution >= 0.6 is 11.3 Å². The van der Waals surface area contributed by atoms with E-state index in [1.807, 2.05) is 34.9 Å². The first-order valence-corrected chi connectivity index (χ1v) is 13.7. The van der Waals surface area contributed by atoms with Gasteiger partial charge in [-0.1, -0.05) is 18.2 Å². The van der Waals surface area contributed by atoms with E-state index in [0.29, 0.717) is 6.54 Å². The highest BCUT2D eigenvalue weighted by atomic mass is 32.1. The van der Waals surface area contributed by atoms with Crippen molar-refractivity contribution in [1.82, 2.24) is 14.8 Å². The Morgan fingerprint density at radius 2 is 1.78 bits per heavy atom. The van der Waals surface area contributed by atoms with Crippen LogP contribution in [0.15, 0.2) is 53.9 Å². The molecule has 2 amide bonds. The molecule has 2 atom stereocenters. The van der Waals surface area contributed by atoms with Crippen molar-refractivity contribution in [2.45, 2.75) is 64.0 Å². The Morgan fingerprint density at radius 1 is 1.00 bits per heavy atom. The Balaban J connectivity index is 1.27. The summed E-state index contributed by atoms with van der Waals surface area (Å²) < 4.78 is 13.6. The van der Waals surface area contributed by atoms with Crippen LogP contribution in [0.25, 0.3) is 0 Å². The number of aromatic nitrogens is 1. The van der Waals surface area contributed by atoms with Gasteiger partial charge in [0.25, 0.3) is 0 Å². The summed E-state index contributed by atoms with van der Waals surface area (Å²) >= 11 is 1.70. The van der Waals surface area contributed by atoms with Crippen LogP contribution in [-0.4, -0.2) is 45.7 Å². The van der Waals surface area contributed by atoms with Crippen LogP contribution < -0.4 is 0 Å². The Hall–Kier alpha value is -3.06. The van der Waals surface area contributed by atoms with Crippen molar-refractivity contribution in [3.63, 3.8) is 0 Å². The molecular weight excluding hydrogens is 473 g/mol. The largest absolute Gasteiger partial charge is 0.339 e. The van der Waals surface area contributed by atoms with E-state index >= 15 is 0 Å². The molecule has 36 heavy (non-hydrogen) atoms. The fraction of sp³-hybridized carbons (Fsp3) is 0.414. The molecule has 0 saturated carbocycles. The summed E-state index contributed by atoms with van der Waals surface area (Å²) in [5.41, 5.74) is 4.01. The van der Waals surface area contributed by atoms with Crippen molar-refractivity contribution in [3.05, 3.63) is 87.1 Å². The average molecular weight is 506 g/mol. The molecule has 0 aliphatic carbocycles. The van der Waals surface area contributed by atoms with Gasteiger partial charge in [0.1, 0.15) is 5.82 Å². The molecule has 3 aromatic rings. The van der Waals surface area contributed by atoms with Crippen LogP contribution in [0, 0.1) is 12.7 Å². The summed E-state index contributed by atoms with van der Waals surface area (Å²) in [7, 11) is 0. The summed E-state index contributed by atoms with van der Waals surface area (Å²) in [5.74, 6) is -0.267. The van der Waals surface area contributed by atoms with Gasteiger partial charge in [-0.2, -0.15) is 0 Å². The van der Waals surface area contributed by atoms with Crippen LogP contribution in [0.2, 0.25) is 0 Å². The molecular formula is C29H32FN3O2S. The number of piperidine rings is 1. The molecule has 5 rings (SSSR count). The number of carbonyl (C=O) groups is 2. The molecule has 7 heteroatoms. The third kappa shape index (κ3) is 5.36. The van der Waals surface area contributed by atoms with Gasteiger partial charge in [-0.3, -0.25) is 14.6 Å². The molecule has 1 aromatic carbocycles. The minimum Gasteiger partial charge on any atom is -0.339 e. The van der Waals surface area contributed by atoms with E-state index in [1.54, 1.807) is 23.5 Å². The average Bonchev–Trinajstić information content (AvgIpc) is 3.36. The number of amides is 2. The summed E-state index contributed by atoms with van der Waals surface area (Å²) in [6.45, 7) is 3.33. The Labute approximate surface area is 216 Å².